The number of hydrogen-bond donors (Lipinski definition) is 1. The number of carbonyl (C=O) groups excluding carboxylic acids is 2. The zero-order valence-electron chi connectivity index (χ0n) is 19.6. The number of halogens is 1. The van der Waals surface area contributed by atoms with E-state index in [4.69, 9.17) is 13.9 Å². The molecule has 0 unspecified atom stereocenters. The molecule has 2 aromatic heterocycles. The van der Waals surface area contributed by atoms with E-state index < -0.39 is 17.7 Å². The number of esters is 1. The van der Waals surface area contributed by atoms with Gasteiger partial charge in [0.25, 0.3) is 5.91 Å². The van der Waals surface area contributed by atoms with Crippen LogP contribution in [0.4, 0.5) is 15.1 Å². The Morgan fingerprint density at radius 3 is 2.63 bits per heavy atom. The first-order valence-electron chi connectivity index (χ1n) is 10.8. The third kappa shape index (κ3) is 4.81. The number of anilines is 1. The van der Waals surface area contributed by atoms with Crippen LogP contribution in [0.1, 0.15) is 38.1 Å². The van der Waals surface area contributed by atoms with Crippen molar-refractivity contribution in [1.82, 2.24) is 0 Å². The number of hydrogen-bond acceptors (Lipinski definition) is 7. The number of rotatable bonds is 6. The molecule has 4 rings (SSSR count). The van der Waals surface area contributed by atoms with Crippen LogP contribution < -0.4 is 15.6 Å². The van der Waals surface area contributed by atoms with Crippen LogP contribution in [0.3, 0.4) is 0 Å². The molecule has 0 aliphatic rings. The maximum absolute atomic E-state index is 14.2. The number of nitrogens with zero attached hydrogens (tertiary/aromatic N) is 1. The Kier molecular flexibility index (Phi) is 6.97. The van der Waals surface area contributed by atoms with Gasteiger partial charge in [0.05, 0.1) is 25.0 Å². The van der Waals surface area contributed by atoms with Crippen LogP contribution in [0.15, 0.2) is 57.9 Å². The Labute approximate surface area is 204 Å². The highest BCUT2D eigenvalue weighted by Gasteiger charge is 2.22. The largest absolute Gasteiger partial charge is 0.493 e. The van der Waals surface area contributed by atoms with Gasteiger partial charge >= 0.3 is 5.97 Å². The van der Waals surface area contributed by atoms with E-state index in [9.17, 15) is 14.0 Å². The minimum Gasteiger partial charge on any atom is -0.493 e. The molecule has 0 fully saturated rings. The number of aryl methyl sites for hydroxylation is 1. The molecule has 0 radical (unpaired) electrons. The van der Waals surface area contributed by atoms with Gasteiger partial charge in [-0.1, -0.05) is 24.3 Å². The van der Waals surface area contributed by atoms with Crippen LogP contribution >= 0.6 is 11.3 Å². The molecule has 0 saturated carbocycles. The Balaban J connectivity index is 1.95. The molecule has 0 atom stereocenters. The maximum atomic E-state index is 14.2. The summed E-state index contributed by atoms with van der Waals surface area (Å²) >= 11 is 1.28. The van der Waals surface area contributed by atoms with Crippen LogP contribution in [0.5, 0.6) is 5.75 Å². The first kappa shape index (κ1) is 24.2. The highest BCUT2D eigenvalue weighted by atomic mass is 32.1. The van der Waals surface area contributed by atoms with E-state index in [1.807, 2.05) is 13.8 Å². The number of methoxy groups -OCH3 is 1. The van der Waals surface area contributed by atoms with Crippen LogP contribution in [-0.4, -0.2) is 25.6 Å². The summed E-state index contributed by atoms with van der Waals surface area (Å²) in [4.78, 5) is 31.4. The third-order valence-electron chi connectivity index (χ3n) is 5.37. The standard InChI is InChI=1S/C26H23FN2O5S/c1-5-33-26(31)21-14(2)15(3)35-25(21)29-24-17(23(30)28-19-11-7-6-10-18(19)27)13-16-9-8-12-20(32-4)22(16)34-24/h6-13H,5H2,1-4H3,(H,28,30). The molecule has 0 aliphatic carbocycles. The molecule has 35 heavy (non-hydrogen) atoms. The summed E-state index contributed by atoms with van der Waals surface area (Å²) in [6.45, 7) is 5.61. The fourth-order valence-electron chi connectivity index (χ4n) is 3.51. The monoisotopic (exact) mass is 494 g/mol. The normalized spacial score (nSPS) is 11.5. The lowest BCUT2D eigenvalue weighted by atomic mass is 10.1. The van der Waals surface area contributed by atoms with Crippen molar-refractivity contribution in [2.45, 2.75) is 20.8 Å². The van der Waals surface area contributed by atoms with Gasteiger partial charge in [-0.3, -0.25) is 4.79 Å². The summed E-state index contributed by atoms with van der Waals surface area (Å²) in [5.41, 5.74) is 1.45. The molecule has 2 heterocycles. The van der Waals surface area contributed by atoms with Crippen LogP contribution in [0, 0.1) is 19.7 Å². The zero-order chi connectivity index (χ0) is 25.1. The lowest BCUT2D eigenvalue weighted by molar-refractivity contribution is 0.0527. The lowest BCUT2D eigenvalue weighted by Crippen LogP contribution is -2.22. The van der Waals surface area contributed by atoms with Crippen LogP contribution in [0.2, 0.25) is 0 Å². The number of nitrogens with one attached hydrogen (secondary N) is 1. The van der Waals surface area contributed by atoms with E-state index in [0.29, 0.717) is 27.3 Å². The van der Waals surface area contributed by atoms with Gasteiger partial charge in [-0.15, -0.1) is 11.3 Å². The summed E-state index contributed by atoms with van der Waals surface area (Å²) in [5, 5.41) is 3.50. The molecular formula is C26H23FN2O5S. The van der Waals surface area contributed by atoms with E-state index in [-0.39, 0.29) is 23.4 Å². The first-order chi connectivity index (χ1) is 16.8. The first-order valence-corrected chi connectivity index (χ1v) is 11.6. The van der Waals surface area contributed by atoms with Crippen molar-refractivity contribution in [3.05, 3.63) is 81.5 Å². The fraction of sp³-hybridized carbons (Fsp3) is 0.192. The molecule has 1 N–H and O–H groups in total. The second-order valence-electron chi connectivity index (χ2n) is 7.57. The summed E-state index contributed by atoms with van der Waals surface area (Å²) in [5.74, 6) is -1.26. The average molecular weight is 495 g/mol. The Hall–Kier alpha value is -3.98. The quantitative estimate of drug-likeness (QED) is 0.336. The van der Waals surface area contributed by atoms with Crippen molar-refractivity contribution in [1.29, 1.82) is 0 Å². The third-order valence-corrected chi connectivity index (χ3v) is 6.48. The van der Waals surface area contributed by atoms with Crippen molar-refractivity contribution in [2.24, 2.45) is 4.99 Å². The molecule has 2 aromatic carbocycles. The van der Waals surface area contributed by atoms with E-state index in [1.165, 1.54) is 36.6 Å². The van der Waals surface area contributed by atoms with Crippen LogP contribution in [0.25, 0.3) is 11.0 Å². The van der Waals surface area contributed by atoms with Gasteiger partial charge in [0.1, 0.15) is 16.4 Å². The summed E-state index contributed by atoms with van der Waals surface area (Å²) in [6.07, 6.45) is 0. The van der Waals surface area contributed by atoms with E-state index in [0.717, 1.165) is 10.4 Å². The Morgan fingerprint density at radius 1 is 1.14 bits per heavy atom. The van der Waals surface area contributed by atoms with Gasteiger partial charge in [0.2, 0.25) is 5.55 Å². The second-order valence-corrected chi connectivity index (χ2v) is 8.78. The fourth-order valence-corrected chi connectivity index (χ4v) is 4.52. The average Bonchev–Trinajstić information content (AvgIpc) is 3.12. The summed E-state index contributed by atoms with van der Waals surface area (Å²) in [7, 11) is 1.50. The number of ether oxygens (including phenoxy) is 2. The van der Waals surface area contributed by atoms with Crippen molar-refractivity contribution in [3.8, 4) is 5.75 Å². The molecule has 7 nitrogen and oxygen atoms in total. The van der Waals surface area contributed by atoms with Gasteiger partial charge in [-0.2, -0.15) is 0 Å². The van der Waals surface area contributed by atoms with Gasteiger partial charge in [-0.05, 0) is 50.6 Å². The number of amides is 1. The molecular weight excluding hydrogens is 471 g/mol. The second kappa shape index (κ2) is 10.1. The minimum atomic E-state index is -0.620. The number of benzene rings is 2. The summed E-state index contributed by atoms with van der Waals surface area (Å²) in [6, 6.07) is 12.7. The predicted octanol–water partition coefficient (Wildman–Crippen LogP) is 5.92. The van der Waals surface area contributed by atoms with E-state index >= 15 is 0 Å². The summed E-state index contributed by atoms with van der Waals surface area (Å²) < 4.78 is 30.9. The predicted molar refractivity (Wildman–Crippen MR) is 132 cm³/mol. The Morgan fingerprint density at radius 2 is 1.91 bits per heavy atom. The highest BCUT2D eigenvalue weighted by molar-refractivity contribution is 7.16. The molecule has 4 aromatic rings. The smallest absolute Gasteiger partial charge is 0.341 e. The molecule has 9 heteroatoms. The van der Waals surface area contributed by atoms with Gasteiger partial charge in [-0.25, -0.2) is 14.2 Å². The molecule has 0 saturated heterocycles. The maximum Gasteiger partial charge on any atom is 0.341 e. The molecule has 0 spiro atoms. The molecule has 0 bridgehead atoms. The van der Waals surface area contributed by atoms with Crippen molar-refractivity contribution in [2.75, 3.05) is 19.0 Å². The Bertz CT molecular complexity index is 1510. The topological polar surface area (TPSA) is 90.1 Å². The molecule has 180 valence electrons. The number of fused-ring (bicyclic) bond motifs is 1. The lowest BCUT2D eigenvalue weighted by Gasteiger charge is -2.09. The van der Waals surface area contributed by atoms with E-state index in [1.54, 1.807) is 37.3 Å². The SMILES string of the molecule is CCOC(=O)c1c(N=c2oc3c(OC)cccc3cc2C(=O)Nc2ccccc2F)sc(C)c1C. The van der Waals surface area contributed by atoms with Gasteiger partial charge < -0.3 is 19.2 Å². The van der Waals surface area contributed by atoms with E-state index in [2.05, 4.69) is 10.3 Å². The van der Waals surface area contributed by atoms with Gasteiger partial charge in [0, 0.05) is 10.3 Å². The number of para-hydroxylation sites is 2. The zero-order valence-corrected chi connectivity index (χ0v) is 20.4. The minimum absolute atomic E-state index is 0.0178. The van der Waals surface area contributed by atoms with Crippen molar-refractivity contribution < 1.29 is 27.9 Å². The van der Waals surface area contributed by atoms with Crippen LogP contribution in [-0.2, 0) is 4.74 Å². The van der Waals surface area contributed by atoms with Gasteiger partial charge in [0.15, 0.2) is 11.3 Å². The number of carbonyl (C=O) groups is 2. The van der Waals surface area contributed by atoms with Crippen molar-refractivity contribution in [3.63, 3.8) is 0 Å². The molecule has 1 amide bonds. The molecule has 0 aliphatic heterocycles. The highest BCUT2D eigenvalue weighted by Crippen LogP contribution is 2.35. The number of thiophene rings is 1. The van der Waals surface area contributed by atoms with Crippen molar-refractivity contribution >= 4 is 44.9 Å².